The Morgan fingerprint density at radius 1 is 1.17 bits per heavy atom. The second-order valence-electron chi connectivity index (χ2n) is 0.396. The van der Waals surface area contributed by atoms with Crippen molar-refractivity contribution in [3.8, 4) is 0 Å². The van der Waals surface area contributed by atoms with Crippen LogP contribution in [-0.2, 0) is 48.6 Å². The second-order valence-corrected chi connectivity index (χ2v) is 3.24. The zero-order valence-corrected chi connectivity index (χ0v) is 6.55. The van der Waals surface area contributed by atoms with Crippen LogP contribution in [-0.4, -0.2) is 3.83 Å². The van der Waals surface area contributed by atoms with Gasteiger partial charge in [-0.25, -0.2) is 0 Å². The zero-order chi connectivity index (χ0) is 4.50. The Hall–Kier alpha value is 0.763. The monoisotopic (exact) mass is 359 g/mol. The van der Waals surface area contributed by atoms with E-state index in [1.807, 2.05) is 0 Å². The first-order valence-corrected chi connectivity index (χ1v) is 5.17. The summed E-state index contributed by atoms with van der Waals surface area (Å²) in [6.45, 7) is 0. The van der Waals surface area contributed by atoms with Gasteiger partial charge in [0, 0.05) is 22.4 Å². The van der Waals surface area contributed by atoms with E-state index in [0.29, 0.717) is 0 Å². The molecule has 4 nitrogen and oxygen atoms in total. The third kappa shape index (κ3) is 116. The summed E-state index contributed by atoms with van der Waals surface area (Å²) in [6, 6.07) is 0. The molecule has 0 heterocycles. The Bertz CT molecular complexity index is 129. The van der Waals surface area contributed by atoms with Gasteiger partial charge in [0.15, 0.2) is 0 Å². The van der Waals surface area contributed by atoms with Gasteiger partial charge < -0.3 is 0 Å². The van der Waals surface area contributed by atoms with Gasteiger partial charge in [-0.3, -0.25) is 0 Å². The first-order valence-electron chi connectivity index (χ1n) is 0.632. The van der Waals surface area contributed by atoms with E-state index in [9.17, 15) is 0 Å². The molecule has 6 heavy (non-hydrogen) atoms. The summed E-state index contributed by atoms with van der Waals surface area (Å²) in [6.07, 6.45) is 0. The van der Waals surface area contributed by atoms with Gasteiger partial charge in [-0.05, 0) is 0 Å². The van der Waals surface area contributed by atoms with Gasteiger partial charge in [-0.1, -0.05) is 0 Å². The molecule has 0 spiro atoms. The Balaban J connectivity index is 0. The molecule has 0 rings (SSSR count). The molecule has 0 aromatic carbocycles. The number of rotatable bonds is 0. The SMILES string of the molecule is [Ag].[O]=[Re](=[O])(=[O])[OH]. The predicted octanol–water partition coefficient (Wildman–Crippen LogP) is -0.918. The van der Waals surface area contributed by atoms with E-state index in [4.69, 9.17) is 14.2 Å². The van der Waals surface area contributed by atoms with Crippen molar-refractivity contribution >= 4 is 0 Å². The van der Waals surface area contributed by atoms with Gasteiger partial charge in [0.05, 0.1) is 0 Å². The number of hydrogen-bond donors (Lipinski definition) is 1. The fourth-order valence-corrected chi connectivity index (χ4v) is 0. The molecule has 43 valence electrons. The van der Waals surface area contributed by atoms with Crippen molar-refractivity contribution in [2.24, 2.45) is 0 Å². The van der Waals surface area contributed by atoms with Crippen molar-refractivity contribution in [1.29, 1.82) is 0 Å². The van der Waals surface area contributed by atoms with E-state index >= 15 is 0 Å². The second kappa shape index (κ2) is 2.86. The molecule has 0 amide bonds. The van der Waals surface area contributed by atoms with E-state index in [2.05, 4.69) is 0 Å². The fourth-order valence-electron chi connectivity index (χ4n) is 0. The van der Waals surface area contributed by atoms with Crippen LogP contribution in [0.2, 0.25) is 0 Å². The molecule has 0 aliphatic carbocycles. The average Bonchev–Trinajstić information content (AvgIpc) is 0.722. The van der Waals surface area contributed by atoms with Crippen LogP contribution in [0.15, 0.2) is 0 Å². The molecule has 0 unspecified atom stereocenters. The Morgan fingerprint density at radius 3 is 1.17 bits per heavy atom. The summed E-state index contributed by atoms with van der Waals surface area (Å²) in [7, 11) is 0. The molecule has 0 saturated carbocycles. The van der Waals surface area contributed by atoms with Crippen LogP contribution >= 0.6 is 0 Å². The number of hydrogen-bond acceptors (Lipinski definition) is 3. The molecule has 0 aliphatic rings. The molecule has 0 fully saturated rings. The molecule has 1 N–H and O–H groups in total. The van der Waals surface area contributed by atoms with Gasteiger partial charge in [0.1, 0.15) is 0 Å². The molecular formula is HAgO4Re. The van der Waals surface area contributed by atoms with Crippen LogP contribution < -0.4 is 0 Å². The fraction of sp³-hybridized carbons (Fsp3) is 0. The Labute approximate surface area is 52.4 Å². The van der Waals surface area contributed by atoms with Crippen LogP contribution in [0.5, 0.6) is 0 Å². The van der Waals surface area contributed by atoms with Gasteiger partial charge in [0.2, 0.25) is 0 Å². The summed E-state index contributed by atoms with van der Waals surface area (Å²) in [4.78, 5) is 0. The molecule has 6 heteroatoms. The van der Waals surface area contributed by atoms with Crippen molar-refractivity contribution in [1.82, 2.24) is 0 Å². The van der Waals surface area contributed by atoms with Gasteiger partial charge in [0.25, 0.3) is 0 Å². The van der Waals surface area contributed by atoms with Crippen molar-refractivity contribution in [3.63, 3.8) is 0 Å². The third-order valence-electron chi connectivity index (χ3n) is 0. The molecule has 0 saturated heterocycles. The van der Waals surface area contributed by atoms with Gasteiger partial charge >= 0.3 is 30.0 Å². The predicted molar refractivity (Wildman–Crippen MR) is 4.28 cm³/mol. The van der Waals surface area contributed by atoms with Gasteiger partial charge in [-0.2, -0.15) is 0 Å². The van der Waals surface area contributed by atoms with E-state index < -0.39 is 15.8 Å². The Kier molecular flexibility index (Phi) is 4.72. The summed E-state index contributed by atoms with van der Waals surface area (Å²) in [5.41, 5.74) is 0. The van der Waals surface area contributed by atoms with E-state index in [0.717, 1.165) is 0 Å². The third-order valence-corrected chi connectivity index (χ3v) is 0. The van der Waals surface area contributed by atoms with Crippen molar-refractivity contribution in [2.75, 3.05) is 0 Å². The summed E-state index contributed by atoms with van der Waals surface area (Å²) in [5, 5.41) is 0. The molecule has 1 radical (unpaired) electrons. The molecule has 0 aromatic rings. The molecular weight excluding hydrogens is 358 g/mol. The maximum absolute atomic E-state index is 8.75. The van der Waals surface area contributed by atoms with E-state index in [1.54, 1.807) is 0 Å². The average molecular weight is 359 g/mol. The van der Waals surface area contributed by atoms with Gasteiger partial charge in [-0.15, -0.1) is 0 Å². The Morgan fingerprint density at radius 2 is 1.17 bits per heavy atom. The van der Waals surface area contributed by atoms with Crippen LogP contribution in [0, 0.1) is 0 Å². The van der Waals surface area contributed by atoms with E-state index in [-0.39, 0.29) is 22.4 Å². The zero-order valence-electron chi connectivity index (χ0n) is 2.35. The first kappa shape index (κ1) is 9.90. The van der Waals surface area contributed by atoms with Crippen LogP contribution in [0.3, 0.4) is 0 Å². The minimum atomic E-state index is -5.86. The summed E-state index contributed by atoms with van der Waals surface area (Å²) >= 11 is -5.86. The normalized spacial score (nSPS) is 9.50. The van der Waals surface area contributed by atoms with Crippen LogP contribution in [0.25, 0.3) is 0 Å². The first-order chi connectivity index (χ1) is 2.00. The van der Waals surface area contributed by atoms with E-state index in [1.165, 1.54) is 0 Å². The summed E-state index contributed by atoms with van der Waals surface area (Å²) in [5.74, 6) is 0. The van der Waals surface area contributed by atoms with Crippen molar-refractivity contribution < 1.29 is 52.4 Å². The minimum absolute atomic E-state index is 0. The van der Waals surface area contributed by atoms with Crippen LogP contribution in [0.4, 0.5) is 0 Å². The summed E-state index contributed by atoms with van der Waals surface area (Å²) < 4.78 is 33.3. The quantitative estimate of drug-likeness (QED) is 0.568. The standard InChI is InChI=1S/Ag.H2O.3O.Re/h;1H2;;;;/q;;;;;+1/p-1. The van der Waals surface area contributed by atoms with Crippen molar-refractivity contribution in [2.45, 2.75) is 0 Å². The van der Waals surface area contributed by atoms with Crippen LogP contribution in [0.1, 0.15) is 0 Å². The topological polar surface area (TPSA) is 71.4 Å². The molecule has 0 bridgehead atoms. The molecule has 0 aromatic heterocycles. The molecule has 0 atom stereocenters. The maximum atomic E-state index is 8.75. The van der Waals surface area contributed by atoms with Crippen molar-refractivity contribution in [3.05, 3.63) is 0 Å². The molecule has 0 aliphatic heterocycles.